The van der Waals surface area contributed by atoms with Crippen molar-refractivity contribution in [2.45, 2.75) is 32.5 Å². The van der Waals surface area contributed by atoms with Crippen LogP contribution in [-0.4, -0.2) is 21.9 Å². The lowest BCUT2D eigenvalue weighted by molar-refractivity contribution is -0.144. The van der Waals surface area contributed by atoms with E-state index in [1.165, 1.54) is 12.1 Å². The van der Waals surface area contributed by atoms with Gasteiger partial charge in [0.15, 0.2) is 0 Å². The van der Waals surface area contributed by atoms with E-state index in [9.17, 15) is 18.0 Å². The number of aromatic nitrogens is 2. The third kappa shape index (κ3) is 3.81. The average Bonchev–Trinajstić information content (AvgIpc) is 3.21. The van der Waals surface area contributed by atoms with Crippen LogP contribution in [0, 0.1) is 5.92 Å². The molecule has 0 saturated heterocycles. The van der Waals surface area contributed by atoms with E-state index in [0.29, 0.717) is 18.6 Å². The topological polar surface area (TPSA) is 36.2 Å². The van der Waals surface area contributed by atoms with Gasteiger partial charge in [0.05, 0.1) is 23.1 Å². The van der Waals surface area contributed by atoms with Gasteiger partial charge in [0.1, 0.15) is 12.6 Å². The summed E-state index contributed by atoms with van der Waals surface area (Å²) < 4.78 is 49.0. The summed E-state index contributed by atoms with van der Waals surface area (Å²) in [6.45, 7) is 4.24. The molecule has 4 rings (SSSR count). The number of rotatable bonds is 6. The minimum absolute atomic E-state index is 0.0525. The first-order valence-corrected chi connectivity index (χ1v) is 9.48. The number of alkyl halides is 3. The van der Waals surface area contributed by atoms with Gasteiger partial charge in [0, 0.05) is 6.42 Å². The van der Waals surface area contributed by atoms with Crippen LogP contribution in [0.3, 0.4) is 0 Å². The van der Waals surface area contributed by atoms with Gasteiger partial charge in [-0.05, 0) is 35.2 Å². The Kier molecular flexibility index (Phi) is 4.76. The van der Waals surface area contributed by atoms with Gasteiger partial charge in [-0.25, -0.2) is 0 Å². The molecule has 1 unspecified atom stereocenters. The number of benzene rings is 2. The molecule has 3 aromatic rings. The van der Waals surface area contributed by atoms with Crippen molar-refractivity contribution in [1.82, 2.24) is 9.36 Å². The molecule has 1 aromatic heterocycles. The van der Waals surface area contributed by atoms with Crippen LogP contribution in [-0.2, 0) is 15.7 Å². The molecule has 1 aliphatic heterocycles. The average molecular weight is 402 g/mol. The maximum atomic E-state index is 13.2. The Morgan fingerprint density at radius 2 is 1.79 bits per heavy atom. The Hall–Kier alpha value is -2.96. The summed E-state index contributed by atoms with van der Waals surface area (Å²) in [7, 11) is 0. The summed E-state index contributed by atoms with van der Waals surface area (Å²) in [6, 6.07) is 12.6. The standard InChI is InChI=1S/C22H21F3N2O2/c1-14(2)11-21(28)29-13-20-19-12-26(27(19)20)16-9-7-15(8-10-16)17-5-3-4-6-18(17)22(23,24)25/h3-10,12,14,20H,11,13H2,1-2H3. The molecule has 1 atom stereocenters. The van der Waals surface area contributed by atoms with Gasteiger partial charge in [-0.2, -0.15) is 13.2 Å². The van der Waals surface area contributed by atoms with Crippen molar-refractivity contribution in [3.05, 3.63) is 66.0 Å². The van der Waals surface area contributed by atoms with E-state index in [-0.39, 0.29) is 23.5 Å². The van der Waals surface area contributed by atoms with Crippen molar-refractivity contribution >= 4 is 5.97 Å². The number of hydrogen-bond acceptors (Lipinski definition) is 2. The van der Waals surface area contributed by atoms with Crippen molar-refractivity contribution in [3.8, 4) is 16.8 Å². The third-order valence-corrected chi connectivity index (χ3v) is 4.97. The molecule has 4 nitrogen and oxygen atoms in total. The predicted octanol–water partition coefficient (Wildman–Crippen LogP) is 5.46. The fraction of sp³-hybridized carbons (Fsp3) is 0.318. The van der Waals surface area contributed by atoms with Gasteiger partial charge in [0.25, 0.3) is 0 Å². The van der Waals surface area contributed by atoms with E-state index in [1.807, 2.05) is 29.4 Å². The molecule has 0 fully saturated rings. The van der Waals surface area contributed by atoms with Crippen molar-refractivity contribution < 1.29 is 22.7 Å². The summed E-state index contributed by atoms with van der Waals surface area (Å²) in [5.74, 6) is 0.0581. The van der Waals surface area contributed by atoms with E-state index >= 15 is 0 Å². The van der Waals surface area contributed by atoms with Gasteiger partial charge in [-0.3, -0.25) is 14.2 Å². The van der Waals surface area contributed by atoms with Gasteiger partial charge < -0.3 is 4.74 Å². The lowest BCUT2D eigenvalue weighted by atomic mass is 9.99. The molecule has 152 valence electrons. The molecule has 2 aromatic carbocycles. The molecule has 1 aliphatic rings. The van der Waals surface area contributed by atoms with Crippen molar-refractivity contribution in [2.24, 2.45) is 5.92 Å². The zero-order valence-corrected chi connectivity index (χ0v) is 16.1. The second-order valence-electron chi connectivity index (χ2n) is 7.63. The lowest BCUT2D eigenvalue weighted by Gasteiger charge is -2.14. The quantitative estimate of drug-likeness (QED) is 0.514. The second kappa shape index (κ2) is 7.13. The van der Waals surface area contributed by atoms with Crippen LogP contribution < -0.4 is 0 Å². The summed E-state index contributed by atoms with van der Waals surface area (Å²) in [5.41, 5.74) is 1.96. The molecule has 0 amide bonds. The first-order valence-electron chi connectivity index (χ1n) is 9.48. The van der Waals surface area contributed by atoms with Gasteiger partial charge in [-0.1, -0.05) is 44.2 Å². The predicted molar refractivity (Wildman–Crippen MR) is 103 cm³/mol. The van der Waals surface area contributed by atoms with Crippen molar-refractivity contribution in [1.29, 1.82) is 0 Å². The zero-order chi connectivity index (χ0) is 20.8. The Balaban J connectivity index is 1.45. The van der Waals surface area contributed by atoms with Crippen LogP contribution in [0.5, 0.6) is 0 Å². The molecule has 0 saturated carbocycles. The number of fused-ring (bicyclic) bond motifs is 1. The molecule has 0 bridgehead atoms. The summed E-state index contributed by atoms with van der Waals surface area (Å²) in [4.78, 5) is 11.7. The highest BCUT2D eigenvalue weighted by molar-refractivity contribution is 5.70. The lowest BCUT2D eigenvalue weighted by Crippen LogP contribution is -2.11. The Labute approximate surface area is 166 Å². The molecule has 7 heteroatoms. The monoisotopic (exact) mass is 402 g/mol. The highest BCUT2D eigenvalue weighted by Crippen LogP contribution is 2.40. The minimum atomic E-state index is -4.40. The fourth-order valence-corrected chi connectivity index (χ4v) is 3.49. The number of nitrogens with zero attached hydrogens (tertiary/aromatic N) is 2. The highest BCUT2D eigenvalue weighted by atomic mass is 19.4. The van der Waals surface area contributed by atoms with Crippen LogP contribution in [0.4, 0.5) is 13.2 Å². The number of ether oxygens (including phenoxy) is 1. The number of esters is 1. The van der Waals surface area contributed by atoms with Gasteiger partial charge >= 0.3 is 12.1 Å². The van der Waals surface area contributed by atoms with Crippen molar-refractivity contribution in [2.75, 3.05) is 6.61 Å². The van der Waals surface area contributed by atoms with Crippen LogP contribution in [0.15, 0.2) is 54.7 Å². The molecule has 0 N–H and O–H groups in total. The number of hydrogen-bond donors (Lipinski definition) is 0. The highest BCUT2D eigenvalue weighted by Gasteiger charge is 2.40. The zero-order valence-electron chi connectivity index (χ0n) is 16.1. The molecule has 0 spiro atoms. The van der Waals surface area contributed by atoms with Gasteiger partial charge in [0.2, 0.25) is 0 Å². The molecule has 29 heavy (non-hydrogen) atoms. The van der Waals surface area contributed by atoms with Crippen LogP contribution in [0.2, 0.25) is 0 Å². The largest absolute Gasteiger partial charge is 0.463 e. The van der Waals surface area contributed by atoms with Crippen LogP contribution in [0.1, 0.15) is 37.6 Å². The summed E-state index contributed by atoms with van der Waals surface area (Å²) in [5, 5.41) is 0. The summed E-state index contributed by atoms with van der Waals surface area (Å²) >= 11 is 0. The maximum Gasteiger partial charge on any atom is 0.417 e. The molecular formula is C22H21F3N2O2. The van der Waals surface area contributed by atoms with Gasteiger partial charge in [-0.15, -0.1) is 0 Å². The van der Waals surface area contributed by atoms with Crippen LogP contribution >= 0.6 is 0 Å². The minimum Gasteiger partial charge on any atom is -0.463 e. The number of halogens is 3. The molecular weight excluding hydrogens is 381 g/mol. The SMILES string of the molecule is CC(C)CC(=O)OCC1c2cn(-c3ccc(-c4ccccc4C(F)(F)F)cc3)n21. The summed E-state index contributed by atoms with van der Waals surface area (Å²) in [6.07, 6.45) is -2.06. The molecule has 2 heterocycles. The van der Waals surface area contributed by atoms with Crippen molar-refractivity contribution in [3.63, 3.8) is 0 Å². The Bertz CT molecular complexity index is 1030. The number of carbonyl (C=O) groups is 1. The molecule has 0 aliphatic carbocycles. The fourth-order valence-electron chi connectivity index (χ4n) is 3.49. The number of carbonyl (C=O) groups excluding carboxylic acids is 1. The Morgan fingerprint density at radius 1 is 1.10 bits per heavy atom. The Morgan fingerprint density at radius 3 is 2.45 bits per heavy atom. The maximum absolute atomic E-state index is 13.2. The van der Waals surface area contributed by atoms with E-state index in [4.69, 9.17) is 4.74 Å². The first kappa shape index (κ1) is 19.4. The molecule has 0 radical (unpaired) electrons. The second-order valence-corrected chi connectivity index (χ2v) is 7.63. The van der Waals surface area contributed by atoms with E-state index in [0.717, 1.165) is 17.4 Å². The smallest absolute Gasteiger partial charge is 0.417 e. The van der Waals surface area contributed by atoms with E-state index in [2.05, 4.69) is 0 Å². The van der Waals surface area contributed by atoms with Crippen LogP contribution in [0.25, 0.3) is 16.8 Å². The van der Waals surface area contributed by atoms with E-state index in [1.54, 1.807) is 30.3 Å². The normalized spacial score (nSPS) is 15.4. The first-order chi connectivity index (χ1) is 13.8. The van der Waals surface area contributed by atoms with E-state index < -0.39 is 11.7 Å². The third-order valence-electron chi connectivity index (χ3n) is 4.97.